The highest BCUT2D eigenvalue weighted by Crippen LogP contribution is 2.24. The lowest BCUT2D eigenvalue weighted by Crippen LogP contribution is -2.31. The number of hydrogen-bond acceptors (Lipinski definition) is 4. The maximum absolute atomic E-state index is 13.6. The number of benzene rings is 3. The van der Waals surface area contributed by atoms with E-state index in [1.807, 2.05) is 48.5 Å². The number of fused-ring (bicyclic) bond motifs is 1. The molecule has 0 aliphatic carbocycles. The molecule has 0 fully saturated rings. The molecule has 0 saturated heterocycles. The number of carbonyl (C=O) groups excluding carboxylic acids is 1. The fourth-order valence-corrected chi connectivity index (χ4v) is 4.62. The Hall–Kier alpha value is -3.55. The van der Waals surface area contributed by atoms with Gasteiger partial charge in [-0.3, -0.25) is 4.79 Å². The minimum Gasteiger partial charge on any atom is -0.328 e. The number of halogens is 2. The van der Waals surface area contributed by atoms with E-state index in [0.29, 0.717) is 17.7 Å². The summed E-state index contributed by atoms with van der Waals surface area (Å²) >= 11 is 7.78. The lowest BCUT2D eigenvalue weighted by molar-refractivity contribution is 0.0727. The molecule has 5 aromatic rings. The zero-order valence-corrected chi connectivity index (χ0v) is 18.9. The normalized spacial score (nSPS) is 11.1. The Kier molecular flexibility index (Phi) is 5.90. The predicted molar refractivity (Wildman–Crippen MR) is 128 cm³/mol. The number of carbonyl (C=O) groups is 1. The second-order valence-electron chi connectivity index (χ2n) is 7.50. The molecule has 3 aromatic carbocycles. The number of rotatable bonds is 6. The highest BCUT2D eigenvalue weighted by Gasteiger charge is 2.21. The third kappa shape index (κ3) is 4.51. The molecule has 0 bridgehead atoms. The van der Waals surface area contributed by atoms with E-state index >= 15 is 0 Å². The van der Waals surface area contributed by atoms with Gasteiger partial charge in [-0.1, -0.05) is 35.9 Å². The summed E-state index contributed by atoms with van der Waals surface area (Å²) < 4.78 is 16.3. The Morgan fingerprint density at radius 2 is 1.88 bits per heavy atom. The van der Waals surface area contributed by atoms with Crippen LogP contribution in [0.15, 0.2) is 84.5 Å². The Morgan fingerprint density at radius 3 is 2.70 bits per heavy atom. The van der Waals surface area contributed by atoms with Crippen molar-refractivity contribution < 1.29 is 9.18 Å². The second kappa shape index (κ2) is 9.13. The minimum absolute atomic E-state index is 0.161. The van der Waals surface area contributed by atoms with Crippen LogP contribution in [0.4, 0.5) is 4.39 Å². The van der Waals surface area contributed by atoms with Gasteiger partial charge in [-0.25, -0.2) is 14.1 Å². The summed E-state index contributed by atoms with van der Waals surface area (Å²) in [6, 6.07) is 21.3. The number of para-hydroxylation sites is 1. The zero-order valence-electron chi connectivity index (χ0n) is 17.4. The van der Waals surface area contributed by atoms with Crippen molar-refractivity contribution in [2.45, 2.75) is 13.1 Å². The third-order valence-electron chi connectivity index (χ3n) is 5.32. The van der Waals surface area contributed by atoms with Crippen molar-refractivity contribution in [3.8, 4) is 5.69 Å². The van der Waals surface area contributed by atoms with Crippen LogP contribution in [0.5, 0.6) is 0 Å². The molecule has 164 valence electrons. The minimum atomic E-state index is -0.417. The van der Waals surface area contributed by atoms with E-state index in [9.17, 15) is 9.18 Å². The monoisotopic (exact) mass is 476 g/mol. The summed E-state index contributed by atoms with van der Waals surface area (Å²) in [6.07, 6.45) is 1.71. The Morgan fingerprint density at radius 1 is 1.03 bits per heavy atom. The van der Waals surface area contributed by atoms with E-state index < -0.39 is 5.82 Å². The van der Waals surface area contributed by atoms with Gasteiger partial charge < -0.3 is 4.90 Å². The van der Waals surface area contributed by atoms with Crippen molar-refractivity contribution >= 4 is 39.1 Å². The summed E-state index contributed by atoms with van der Waals surface area (Å²) in [5.41, 5.74) is 5.56. The first kappa shape index (κ1) is 21.3. The molecule has 0 spiro atoms. The van der Waals surface area contributed by atoms with Gasteiger partial charge in [0.25, 0.3) is 5.91 Å². The molecule has 0 N–H and O–H groups in total. The number of amides is 1. The van der Waals surface area contributed by atoms with Crippen molar-refractivity contribution in [2.24, 2.45) is 0 Å². The fraction of sp³-hybridized carbons (Fsp3) is 0.0800. The molecular weight excluding hydrogens is 459 g/mol. The maximum atomic E-state index is 13.6. The van der Waals surface area contributed by atoms with E-state index in [0.717, 1.165) is 21.6 Å². The van der Waals surface area contributed by atoms with Gasteiger partial charge in [-0.15, -0.1) is 11.3 Å². The molecular formula is C25H18ClFN4OS. The Balaban J connectivity index is 1.51. The predicted octanol–water partition coefficient (Wildman–Crippen LogP) is 6.12. The first-order valence-corrected chi connectivity index (χ1v) is 11.5. The highest BCUT2D eigenvalue weighted by molar-refractivity contribution is 7.16. The molecule has 0 radical (unpaired) electrons. The lowest BCUT2D eigenvalue weighted by atomic mass is 10.1. The first-order chi connectivity index (χ1) is 16.1. The number of hydrogen-bond donors (Lipinski definition) is 0. The van der Waals surface area contributed by atoms with Crippen LogP contribution in [-0.4, -0.2) is 25.6 Å². The van der Waals surface area contributed by atoms with Crippen molar-refractivity contribution in [1.29, 1.82) is 0 Å². The van der Waals surface area contributed by atoms with Crippen LogP contribution >= 0.6 is 22.9 Å². The van der Waals surface area contributed by atoms with Crippen LogP contribution < -0.4 is 0 Å². The topological polar surface area (TPSA) is 51.0 Å². The fourth-order valence-electron chi connectivity index (χ4n) is 3.67. The summed E-state index contributed by atoms with van der Waals surface area (Å²) in [6.45, 7) is 0.515. The maximum Gasteiger partial charge on any atom is 0.254 e. The smallest absolute Gasteiger partial charge is 0.254 e. The van der Waals surface area contributed by atoms with Gasteiger partial charge in [0.2, 0.25) is 0 Å². The molecule has 2 heterocycles. The SMILES string of the molecule is O=C(c1ccc2ncsc2c1)N(Cc1ccc(F)cc1Cl)Cc1ccnn1-c1ccccc1. The summed E-state index contributed by atoms with van der Waals surface area (Å²) in [5.74, 6) is -0.578. The van der Waals surface area contributed by atoms with Gasteiger partial charge in [-0.05, 0) is 54.1 Å². The van der Waals surface area contributed by atoms with Crippen LogP contribution in [0.3, 0.4) is 0 Å². The van der Waals surface area contributed by atoms with Crippen LogP contribution in [0.1, 0.15) is 21.6 Å². The van der Waals surface area contributed by atoms with E-state index in [4.69, 9.17) is 11.6 Å². The van der Waals surface area contributed by atoms with E-state index in [2.05, 4.69) is 10.1 Å². The molecule has 5 rings (SSSR count). The van der Waals surface area contributed by atoms with Gasteiger partial charge in [0.1, 0.15) is 5.82 Å². The number of nitrogens with zero attached hydrogens (tertiary/aromatic N) is 4. The van der Waals surface area contributed by atoms with Gasteiger partial charge in [-0.2, -0.15) is 5.10 Å². The number of thiazole rings is 1. The molecule has 0 saturated carbocycles. The van der Waals surface area contributed by atoms with E-state index in [1.165, 1.54) is 23.5 Å². The average Bonchev–Trinajstić information content (AvgIpc) is 3.49. The van der Waals surface area contributed by atoms with E-state index in [-0.39, 0.29) is 17.5 Å². The van der Waals surface area contributed by atoms with E-state index in [1.54, 1.807) is 33.4 Å². The highest BCUT2D eigenvalue weighted by atomic mass is 35.5. The van der Waals surface area contributed by atoms with Crippen molar-refractivity contribution in [3.63, 3.8) is 0 Å². The van der Waals surface area contributed by atoms with Crippen molar-refractivity contribution in [2.75, 3.05) is 0 Å². The third-order valence-corrected chi connectivity index (χ3v) is 6.46. The Labute approximate surface area is 198 Å². The largest absolute Gasteiger partial charge is 0.328 e. The van der Waals surface area contributed by atoms with Gasteiger partial charge in [0.05, 0.1) is 33.7 Å². The number of aromatic nitrogens is 3. The summed E-state index contributed by atoms with van der Waals surface area (Å²) in [5, 5.41) is 4.72. The van der Waals surface area contributed by atoms with Gasteiger partial charge >= 0.3 is 0 Å². The Bertz CT molecular complexity index is 1430. The first-order valence-electron chi connectivity index (χ1n) is 10.2. The van der Waals surface area contributed by atoms with Crippen molar-refractivity contribution in [3.05, 3.63) is 112 Å². The molecule has 0 aliphatic rings. The van der Waals surface area contributed by atoms with Gasteiger partial charge in [0.15, 0.2) is 0 Å². The molecule has 1 amide bonds. The summed E-state index contributed by atoms with van der Waals surface area (Å²) in [4.78, 5) is 19.6. The molecule has 0 unspecified atom stereocenters. The van der Waals surface area contributed by atoms with Gasteiger partial charge in [0, 0.05) is 23.3 Å². The van der Waals surface area contributed by atoms with Crippen molar-refractivity contribution in [1.82, 2.24) is 19.7 Å². The standard InChI is InChI=1S/C25H18ClFN4OS/c26-22-13-19(27)8-6-18(22)14-30(25(32)17-7-9-23-24(12-17)33-16-28-23)15-21-10-11-29-31(21)20-4-2-1-3-5-20/h1-13,16H,14-15H2. The second-order valence-corrected chi connectivity index (χ2v) is 8.80. The summed E-state index contributed by atoms with van der Waals surface area (Å²) in [7, 11) is 0. The molecule has 0 atom stereocenters. The quantitative estimate of drug-likeness (QED) is 0.297. The van der Waals surface area contributed by atoms with Crippen LogP contribution in [0, 0.1) is 5.82 Å². The zero-order chi connectivity index (χ0) is 22.8. The molecule has 5 nitrogen and oxygen atoms in total. The van der Waals surface area contributed by atoms with Crippen LogP contribution in [0.2, 0.25) is 5.02 Å². The average molecular weight is 477 g/mol. The lowest BCUT2D eigenvalue weighted by Gasteiger charge is -2.24. The van der Waals surface area contributed by atoms with Crippen LogP contribution in [0.25, 0.3) is 15.9 Å². The molecule has 2 aromatic heterocycles. The molecule has 33 heavy (non-hydrogen) atoms. The van der Waals surface area contributed by atoms with Crippen LogP contribution in [-0.2, 0) is 13.1 Å². The molecule has 8 heteroatoms. The molecule has 0 aliphatic heterocycles.